The van der Waals surface area contributed by atoms with Gasteiger partial charge in [-0.1, -0.05) is 6.07 Å². The zero-order valence-electron chi connectivity index (χ0n) is 14.8. The number of piperidine rings is 1. The molecule has 1 amide bonds. The molecule has 5 heteroatoms. The lowest BCUT2D eigenvalue weighted by Gasteiger charge is -2.38. The molecule has 0 radical (unpaired) electrons. The minimum atomic E-state index is -0.206. The smallest absolute Gasteiger partial charge is 0.230 e. The highest BCUT2D eigenvalue weighted by Crippen LogP contribution is 2.41. The molecule has 2 fully saturated rings. The predicted octanol–water partition coefficient (Wildman–Crippen LogP) is 3.00. The summed E-state index contributed by atoms with van der Waals surface area (Å²) >= 11 is 0. The minimum absolute atomic E-state index is 0.206. The summed E-state index contributed by atoms with van der Waals surface area (Å²) in [4.78, 5) is 21.7. The van der Waals surface area contributed by atoms with Crippen LogP contribution in [-0.4, -0.2) is 40.3 Å². The monoisotopic (exact) mass is 339 g/mol. The molecule has 1 atom stereocenters. The maximum atomic E-state index is 13.1. The molecule has 0 saturated carbocycles. The molecule has 1 unspecified atom stereocenters. The number of hydrogen-bond acceptors (Lipinski definition) is 4. The van der Waals surface area contributed by atoms with Gasteiger partial charge in [0, 0.05) is 32.0 Å². The molecule has 4 heterocycles. The van der Waals surface area contributed by atoms with Crippen molar-refractivity contribution in [3.63, 3.8) is 0 Å². The van der Waals surface area contributed by atoms with E-state index in [4.69, 9.17) is 4.42 Å². The van der Waals surface area contributed by atoms with Gasteiger partial charge in [0.1, 0.15) is 11.5 Å². The van der Waals surface area contributed by atoms with Crippen LogP contribution >= 0.6 is 0 Å². The van der Waals surface area contributed by atoms with Gasteiger partial charge in [-0.2, -0.15) is 0 Å². The number of carbonyl (C=O) groups is 1. The number of likely N-dealkylation sites (tertiary alicyclic amines) is 2. The Hall–Kier alpha value is -2.14. The van der Waals surface area contributed by atoms with Gasteiger partial charge in [-0.3, -0.25) is 14.7 Å². The number of amides is 1. The van der Waals surface area contributed by atoms with Crippen molar-refractivity contribution >= 4 is 5.91 Å². The lowest BCUT2D eigenvalue weighted by atomic mass is 9.78. The molecule has 2 aliphatic rings. The predicted molar refractivity (Wildman–Crippen MR) is 94.7 cm³/mol. The van der Waals surface area contributed by atoms with Crippen molar-refractivity contribution in [2.24, 2.45) is 5.41 Å². The highest BCUT2D eigenvalue weighted by molar-refractivity contribution is 5.85. The zero-order chi connectivity index (χ0) is 17.3. The van der Waals surface area contributed by atoms with E-state index in [2.05, 4.69) is 9.88 Å². The van der Waals surface area contributed by atoms with Crippen LogP contribution in [0, 0.1) is 12.3 Å². The summed E-state index contributed by atoms with van der Waals surface area (Å²) < 4.78 is 5.72. The number of nitrogens with zero attached hydrogens (tertiary/aromatic N) is 3. The van der Waals surface area contributed by atoms with Crippen LogP contribution in [-0.2, 0) is 17.9 Å². The Labute approximate surface area is 148 Å². The van der Waals surface area contributed by atoms with E-state index in [0.717, 1.165) is 62.5 Å². The average Bonchev–Trinajstić information content (AvgIpc) is 3.15. The summed E-state index contributed by atoms with van der Waals surface area (Å²) in [5, 5.41) is 0. The van der Waals surface area contributed by atoms with Crippen molar-refractivity contribution in [1.29, 1.82) is 0 Å². The van der Waals surface area contributed by atoms with Crippen LogP contribution in [0.5, 0.6) is 0 Å². The van der Waals surface area contributed by atoms with Crippen LogP contribution in [0.25, 0.3) is 0 Å². The number of carbonyl (C=O) groups excluding carboxylic acids is 1. The fraction of sp³-hybridized carbons (Fsp3) is 0.500. The quantitative estimate of drug-likeness (QED) is 0.859. The second-order valence-electron chi connectivity index (χ2n) is 7.44. The maximum Gasteiger partial charge on any atom is 0.230 e. The molecule has 0 aliphatic carbocycles. The van der Waals surface area contributed by atoms with Gasteiger partial charge in [-0.25, -0.2) is 0 Å². The second-order valence-corrected chi connectivity index (χ2v) is 7.44. The molecule has 2 aromatic heterocycles. The van der Waals surface area contributed by atoms with Crippen molar-refractivity contribution < 1.29 is 9.21 Å². The first-order chi connectivity index (χ1) is 12.1. The minimum Gasteiger partial charge on any atom is -0.465 e. The number of furan rings is 1. The first kappa shape index (κ1) is 16.3. The van der Waals surface area contributed by atoms with Gasteiger partial charge in [-0.05, 0) is 56.5 Å². The van der Waals surface area contributed by atoms with E-state index in [9.17, 15) is 4.79 Å². The van der Waals surface area contributed by atoms with Crippen LogP contribution in [0.15, 0.2) is 41.1 Å². The van der Waals surface area contributed by atoms with Crippen LogP contribution in [0.1, 0.15) is 36.3 Å². The Balaban J connectivity index is 1.43. The Kier molecular flexibility index (Phi) is 4.34. The highest BCUT2D eigenvalue weighted by atomic mass is 16.3. The van der Waals surface area contributed by atoms with Crippen molar-refractivity contribution in [3.05, 3.63) is 53.7 Å². The molecule has 2 aromatic rings. The van der Waals surface area contributed by atoms with Gasteiger partial charge < -0.3 is 9.32 Å². The normalized spacial score (nSPS) is 24.4. The van der Waals surface area contributed by atoms with Crippen molar-refractivity contribution in [2.75, 3.05) is 19.6 Å². The molecule has 1 spiro atoms. The van der Waals surface area contributed by atoms with Crippen LogP contribution < -0.4 is 0 Å². The summed E-state index contributed by atoms with van der Waals surface area (Å²) in [5.41, 5.74) is 0.897. The van der Waals surface area contributed by atoms with Crippen LogP contribution in [0.2, 0.25) is 0 Å². The Bertz CT molecular complexity index is 742. The lowest BCUT2D eigenvalue weighted by Crippen LogP contribution is -2.47. The third kappa shape index (κ3) is 3.33. The van der Waals surface area contributed by atoms with Gasteiger partial charge in [-0.15, -0.1) is 0 Å². The Morgan fingerprint density at radius 1 is 1.20 bits per heavy atom. The summed E-state index contributed by atoms with van der Waals surface area (Å²) in [6, 6.07) is 8.02. The van der Waals surface area contributed by atoms with Gasteiger partial charge in [0.05, 0.1) is 12.0 Å². The molecule has 4 rings (SSSR count). The van der Waals surface area contributed by atoms with E-state index in [-0.39, 0.29) is 5.41 Å². The van der Waals surface area contributed by atoms with E-state index in [0.29, 0.717) is 12.5 Å². The SMILES string of the molecule is Cc1ccc(CN2CCCC3(CCN(Cc4cccnc4)C3=O)C2)o1. The molecule has 5 nitrogen and oxygen atoms in total. The molecule has 132 valence electrons. The third-order valence-corrected chi connectivity index (χ3v) is 5.53. The van der Waals surface area contributed by atoms with Gasteiger partial charge in [0.15, 0.2) is 0 Å². The highest BCUT2D eigenvalue weighted by Gasteiger charge is 2.48. The topological polar surface area (TPSA) is 49.6 Å². The standard InChI is InChI=1S/C20H25N3O2/c1-16-5-6-18(25-16)14-22-10-3-7-20(15-22)8-11-23(19(20)24)13-17-4-2-9-21-12-17/h2,4-6,9,12H,3,7-8,10-11,13-15H2,1H3. The zero-order valence-corrected chi connectivity index (χ0v) is 14.8. The van der Waals surface area contributed by atoms with Gasteiger partial charge in [0.25, 0.3) is 0 Å². The molecular formula is C20H25N3O2. The number of aromatic nitrogens is 1. The molecule has 2 saturated heterocycles. The number of hydrogen-bond donors (Lipinski definition) is 0. The molecular weight excluding hydrogens is 314 g/mol. The van der Waals surface area contributed by atoms with E-state index in [1.807, 2.05) is 42.3 Å². The van der Waals surface area contributed by atoms with E-state index in [1.54, 1.807) is 6.20 Å². The van der Waals surface area contributed by atoms with Crippen molar-refractivity contribution in [3.8, 4) is 0 Å². The fourth-order valence-electron chi connectivity index (χ4n) is 4.29. The largest absolute Gasteiger partial charge is 0.465 e. The Morgan fingerprint density at radius 2 is 2.12 bits per heavy atom. The number of rotatable bonds is 4. The number of aryl methyl sites for hydroxylation is 1. The van der Waals surface area contributed by atoms with E-state index in [1.165, 1.54) is 0 Å². The number of pyridine rings is 1. The molecule has 0 N–H and O–H groups in total. The van der Waals surface area contributed by atoms with Crippen molar-refractivity contribution in [1.82, 2.24) is 14.8 Å². The molecule has 0 bridgehead atoms. The van der Waals surface area contributed by atoms with E-state index >= 15 is 0 Å². The first-order valence-corrected chi connectivity index (χ1v) is 9.11. The third-order valence-electron chi connectivity index (χ3n) is 5.53. The summed E-state index contributed by atoms with van der Waals surface area (Å²) in [6.45, 7) is 6.17. The average molecular weight is 339 g/mol. The van der Waals surface area contributed by atoms with Crippen molar-refractivity contribution in [2.45, 2.75) is 39.3 Å². The Morgan fingerprint density at radius 3 is 2.88 bits per heavy atom. The van der Waals surface area contributed by atoms with E-state index < -0.39 is 0 Å². The summed E-state index contributed by atoms with van der Waals surface area (Å²) in [6.07, 6.45) is 6.66. The summed E-state index contributed by atoms with van der Waals surface area (Å²) in [5.74, 6) is 2.25. The molecule has 0 aromatic carbocycles. The lowest BCUT2D eigenvalue weighted by molar-refractivity contribution is -0.139. The van der Waals surface area contributed by atoms with Gasteiger partial charge in [0.2, 0.25) is 5.91 Å². The van der Waals surface area contributed by atoms with Crippen LogP contribution in [0.3, 0.4) is 0 Å². The molecule has 25 heavy (non-hydrogen) atoms. The molecule has 2 aliphatic heterocycles. The summed E-state index contributed by atoms with van der Waals surface area (Å²) in [7, 11) is 0. The maximum absolute atomic E-state index is 13.1. The first-order valence-electron chi connectivity index (χ1n) is 9.11. The van der Waals surface area contributed by atoms with Gasteiger partial charge >= 0.3 is 0 Å². The van der Waals surface area contributed by atoms with Crippen LogP contribution in [0.4, 0.5) is 0 Å². The fourth-order valence-corrected chi connectivity index (χ4v) is 4.29. The second kappa shape index (κ2) is 6.64.